The van der Waals surface area contributed by atoms with Crippen LogP contribution in [0.25, 0.3) is 0 Å². The molecule has 0 spiro atoms. The third kappa shape index (κ3) is 3.88. The lowest BCUT2D eigenvalue weighted by atomic mass is 10.1. The van der Waals surface area contributed by atoms with E-state index < -0.39 is 20.8 Å². The first-order valence-electron chi connectivity index (χ1n) is 6.43. The second-order valence-corrected chi connectivity index (χ2v) is 7.01. The molecule has 1 aromatic carbocycles. The number of anilines is 1. The summed E-state index contributed by atoms with van der Waals surface area (Å²) in [6, 6.07) is 3.04. The van der Waals surface area contributed by atoms with Crippen molar-refractivity contribution in [2.45, 2.75) is 18.9 Å². The number of sulfonamides is 1. The Hall–Kier alpha value is -1.74. The van der Waals surface area contributed by atoms with E-state index in [4.69, 9.17) is 0 Å². The molecule has 2 rings (SSSR count). The van der Waals surface area contributed by atoms with Crippen LogP contribution in [0.1, 0.15) is 12.8 Å². The topological polar surface area (TPSA) is 92.6 Å². The van der Waals surface area contributed by atoms with E-state index >= 15 is 0 Å². The quantitative estimate of drug-likeness (QED) is 0.672. The Morgan fingerprint density at radius 3 is 2.81 bits per heavy atom. The molecule has 0 amide bonds. The summed E-state index contributed by atoms with van der Waals surface area (Å²) in [5.74, 6) is -0.686. The predicted octanol–water partition coefficient (Wildman–Crippen LogP) is 1.57. The highest BCUT2D eigenvalue weighted by Crippen LogP contribution is 2.27. The van der Waals surface area contributed by atoms with Crippen molar-refractivity contribution in [3.63, 3.8) is 0 Å². The van der Waals surface area contributed by atoms with Gasteiger partial charge in [-0.25, -0.2) is 17.1 Å². The highest BCUT2D eigenvalue weighted by atomic mass is 32.2. The molecule has 0 aromatic heterocycles. The van der Waals surface area contributed by atoms with E-state index in [1.165, 1.54) is 10.4 Å². The molecule has 1 heterocycles. The number of hydrogen-bond acceptors (Lipinski definition) is 5. The van der Waals surface area contributed by atoms with E-state index in [0.717, 1.165) is 18.4 Å². The van der Waals surface area contributed by atoms with Gasteiger partial charge in [0.2, 0.25) is 10.0 Å². The van der Waals surface area contributed by atoms with E-state index in [1.807, 2.05) is 0 Å². The maximum absolute atomic E-state index is 13.1. The van der Waals surface area contributed by atoms with Crippen LogP contribution in [0.15, 0.2) is 18.2 Å². The minimum absolute atomic E-state index is 0.196. The molecule has 1 saturated heterocycles. The van der Waals surface area contributed by atoms with Crippen LogP contribution in [0.2, 0.25) is 0 Å². The summed E-state index contributed by atoms with van der Waals surface area (Å²) in [6.45, 7) is 0.690. The van der Waals surface area contributed by atoms with Crippen molar-refractivity contribution >= 4 is 21.4 Å². The lowest BCUT2D eigenvalue weighted by Gasteiger charge is -2.31. The molecule has 1 aliphatic rings. The van der Waals surface area contributed by atoms with E-state index in [2.05, 4.69) is 5.32 Å². The van der Waals surface area contributed by atoms with E-state index in [9.17, 15) is 22.9 Å². The predicted molar refractivity (Wildman–Crippen MR) is 76.1 cm³/mol. The summed E-state index contributed by atoms with van der Waals surface area (Å²) in [6.07, 6.45) is 2.50. The number of hydrogen-bond donors (Lipinski definition) is 1. The van der Waals surface area contributed by atoms with Crippen molar-refractivity contribution in [3.05, 3.63) is 34.1 Å². The van der Waals surface area contributed by atoms with Gasteiger partial charge in [0.05, 0.1) is 17.2 Å². The highest BCUT2D eigenvalue weighted by molar-refractivity contribution is 7.88. The zero-order chi connectivity index (χ0) is 15.6. The molecule has 0 radical (unpaired) electrons. The van der Waals surface area contributed by atoms with Crippen molar-refractivity contribution in [3.8, 4) is 0 Å². The second-order valence-electron chi connectivity index (χ2n) is 5.02. The average molecular weight is 317 g/mol. The highest BCUT2D eigenvalue weighted by Gasteiger charge is 2.27. The Balaban J connectivity index is 2.17. The Morgan fingerprint density at radius 2 is 2.19 bits per heavy atom. The van der Waals surface area contributed by atoms with Gasteiger partial charge < -0.3 is 5.32 Å². The van der Waals surface area contributed by atoms with Crippen LogP contribution < -0.4 is 5.32 Å². The number of piperidine rings is 1. The molecule has 9 heteroatoms. The maximum atomic E-state index is 13.1. The van der Waals surface area contributed by atoms with Crippen LogP contribution in [0, 0.1) is 15.9 Å². The van der Waals surface area contributed by atoms with Gasteiger partial charge in [-0.05, 0) is 25.0 Å². The van der Waals surface area contributed by atoms with Crippen LogP contribution in [0.4, 0.5) is 15.8 Å². The summed E-state index contributed by atoms with van der Waals surface area (Å²) in [5, 5.41) is 13.9. The number of nitro groups is 1. The number of nitrogens with zero attached hydrogens (tertiary/aromatic N) is 2. The maximum Gasteiger partial charge on any atom is 0.295 e. The van der Waals surface area contributed by atoms with Crippen LogP contribution in [-0.2, 0) is 10.0 Å². The van der Waals surface area contributed by atoms with Gasteiger partial charge >= 0.3 is 0 Å². The number of benzene rings is 1. The standard InChI is InChI=1S/C12H16FN3O4S/c1-21(19,20)15-6-2-3-10(8-15)14-11-5-4-9(13)7-12(11)16(17)18/h4-5,7,10,14H,2-3,6,8H2,1H3/t10-/m0/s1. The molecule has 1 N–H and O–H groups in total. The van der Waals surface area contributed by atoms with Gasteiger partial charge in [0.25, 0.3) is 5.69 Å². The lowest BCUT2D eigenvalue weighted by molar-refractivity contribution is -0.384. The Kier molecular flexibility index (Phi) is 4.43. The molecule has 1 fully saturated rings. The minimum atomic E-state index is -3.28. The van der Waals surface area contributed by atoms with Gasteiger partial charge in [-0.3, -0.25) is 10.1 Å². The van der Waals surface area contributed by atoms with Crippen LogP contribution in [-0.4, -0.2) is 43.0 Å². The Morgan fingerprint density at radius 1 is 1.48 bits per heavy atom. The van der Waals surface area contributed by atoms with Crippen LogP contribution in [0.3, 0.4) is 0 Å². The van der Waals surface area contributed by atoms with Crippen LogP contribution in [0.5, 0.6) is 0 Å². The van der Waals surface area contributed by atoms with Gasteiger partial charge in [-0.2, -0.15) is 0 Å². The molecular weight excluding hydrogens is 301 g/mol. The van der Waals surface area contributed by atoms with Gasteiger partial charge in [0.15, 0.2) is 0 Å². The third-order valence-corrected chi connectivity index (χ3v) is 4.64. The molecule has 116 valence electrons. The zero-order valence-electron chi connectivity index (χ0n) is 11.5. The summed E-state index contributed by atoms with van der Waals surface area (Å²) in [5.41, 5.74) is -0.159. The fourth-order valence-corrected chi connectivity index (χ4v) is 3.27. The van der Waals surface area contributed by atoms with Crippen molar-refractivity contribution < 1.29 is 17.7 Å². The van der Waals surface area contributed by atoms with E-state index in [0.29, 0.717) is 19.4 Å². The SMILES string of the molecule is CS(=O)(=O)N1CCC[C@H](Nc2ccc(F)cc2[N+](=O)[O-])C1. The monoisotopic (exact) mass is 317 g/mol. The molecular formula is C12H16FN3O4S. The molecule has 0 unspecified atom stereocenters. The summed E-state index contributed by atoms with van der Waals surface area (Å²) in [7, 11) is -3.28. The Bertz CT molecular complexity index is 650. The van der Waals surface area contributed by atoms with Crippen molar-refractivity contribution in [2.75, 3.05) is 24.7 Å². The average Bonchev–Trinajstić information content (AvgIpc) is 2.40. The molecule has 21 heavy (non-hydrogen) atoms. The third-order valence-electron chi connectivity index (χ3n) is 3.37. The molecule has 7 nitrogen and oxygen atoms in total. The first kappa shape index (κ1) is 15.6. The number of halogens is 1. The smallest absolute Gasteiger partial charge is 0.295 e. The van der Waals surface area contributed by atoms with E-state index in [-0.39, 0.29) is 24.0 Å². The molecule has 0 saturated carbocycles. The second kappa shape index (κ2) is 5.94. The minimum Gasteiger partial charge on any atom is -0.375 e. The lowest BCUT2D eigenvalue weighted by Crippen LogP contribution is -2.44. The van der Waals surface area contributed by atoms with E-state index in [1.54, 1.807) is 0 Å². The molecule has 1 aliphatic heterocycles. The molecule has 0 aliphatic carbocycles. The van der Waals surface area contributed by atoms with Crippen molar-refractivity contribution in [1.82, 2.24) is 4.31 Å². The fraction of sp³-hybridized carbons (Fsp3) is 0.500. The molecule has 1 atom stereocenters. The first-order chi connectivity index (χ1) is 9.77. The normalized spacial score (nSPS) is 20.2. The van der Waals surface area contributed by atoms with Crippen LogP contribution >= 0.6 is 0 Å². The summed E-state index contributed by atoms with van der Waals surface area (Å²) >= 11 is 0. The number of rotatable bonds is 4. The summed E-state index contributed by atoms with van der Waals surface area (Å²) in [4.78, 5) is 10.3. The number of nitrogens with one attached hydrogen (secondary N) is 1. The van der Waals surface area contributed by atoms with Crippen molar-refractivity contribution in [1.29, 1.82) is 0 Å². The summed E-state index contributed by atoms with van der Waals surface area (Å²) < 4.78 is 37.5. The molecule has 0 bridgehead atoms. The Labute approximate surface area is 122 Å². The zero-order valence-corrected chi connectivity index (χ0v) is 12.3. The van der Waals surface area contributed by atoms with Gasteiger partial charge in [0, 0.05) is 19.1 Å². The van der Waals surface area contributed by atoms with Gasteiger partial charge in [-0.15, -0.1) is 0 Å². The van der Waals surface area contributed by atoms with Crippen molar-refractivity contribution in [2.24, 2.45) is 0 Å². The fourth-order valence-electron chi connectivity index (χ4n) is 2.36. The molecule has 1 aromatic rings. The first-order valence-corrected chi connectivity index (χ1v) is 8.28. The largest absolute Gasteiger partial charge is 0.375 e. The van der Waals surface area contributed by atoms with Gasteiger partial charge in [-0.1, -0.05) is 0 Å². The van der Waals surface area contributed by atoms with Gasteiger partial charge in [0.1, 0.15) is 11.5 Å². The number of nitro benzene ring substituents is 1.